The zero-order valence-corrected chi connectivity index (χ0v) is 43.8. The maximum Gasteiger partial charge on any atom is 0.220 e. The molecule has 0 bridgehead atoms. The zero-order chi connectivity index (χ0) is 47.0. The quantitative estimate of drug-likeness (QED) is 0.0421. The van der Waals surface area contributed by atoms with Gasteiger partial charge in [0, 0.05) is 6.42 Å². The number of amides is 1. The fourth-order valence-corrected chi connectivity index (χ4v) is 8.88. The monoisotopic (exact) mass is 908 g/mol. The van der Waals surface area contributed by atoms with Gasteiger partial charge in [0.2, 0.25) is 5.91 Å². The fraction of sp³-hybridized carbons (Fsp3) is 0.820. The minimum atomic E-state index is -0.843. The van der Waals surface area contributed by atoms with Gasteiger partial charge in [0.05, 0.1) is 18.8 Å². The van der Waals surface area contributed by atoms with Gasteiger partial charge in [-0.2, -0.15) is 0 Å². The predicted octanol–water partition coefficient (Wildman–Crippen LogP) is 19.2. The average molecular weight is 909 g/mol. The van der Waals surface area contributed by atoms with E-state index in [1.165, 1.54) is 231 Å². The summed E-state index contributed by atoms with van der Waals surface area (Å²) in [6.07, 6.45) is 79.6. The number of aliphatic hydroxyl groups is 2. The summed E-state index contributed by atoms with van der Waals surface area (Å²) in [7, 11) is 0. The van der Waals surface area contributed by atoms with Crippen molar-refractivity contribution in [1.29, 1.82) is 0 Å². The molecule has 0 saturated carbocycles. The fourth-order valence-electron chi connectivity index (χ4n) is 8.88. The maximum absolute atomic E-state index is 12.5. The first-order valence-corrected chi connectivity index (χ1v) is 29.0. The van der Waals surface area contributed by atoms with Crippen LogP contribution in [-0.2, 0) is 4.79 Å². The Kier molecular flexibility index (Phi) is 54.8. The van der Waals surface area contributed by atoms with Crippen LogP contribution in [0.4, 0.5) is 0 Å². The third-order valence-corrected chi connectivity index (χ3v) is 13.3. The van der Waals surface area contributed by atoms with Crippen molar-refractivity contribution in [2.24, 2.45) is 0 Å². The summed E-state index contributed by atoms with van der Waals surface area (Å²) in [5.74, 6) is -0.0645. The molecule has 380 valence electrons. The molecule has 0 rings (SSSR count). The van der Waals surface area contributed by atoms with Crippen molar-refractivity contribution in [3.63, 3.8) is 0 Å². The molecule has 0 aliphatic heterocycles. The molecule has 65 heavy (non-hydrogen) atoms. The first kappa shape index (κ1) is 63.1. The van der Waals surface area contributed by atoms with Crippen LogP contribution in [0.5, 0.6) is 0 Å². The van der Waals surface area contributed by atoms with Crippen LogP contribution in [0, 0.1) is 0 Å². The Morgan fingerprint density at radius 3 is 1.02 bits per heavy atom. The maximum atomic E-state index is 12.5. The molecule has 0 aliphatic rings. The third kappa shape index (κ3) is 52.9. The molecule has 0 saturated heterocycles. The van der Waals surface area contributed by atoms with Gasteiger partial charge in [0.1, 0.15) is 0 Å². The Morgan fingerprint density at radius 1 is 0.385 bits per heavy atom. The van der Waals surface area contributed by atoms with E-state index < -0.39 is 12.1 Å². The van der Waals surface area contributed by atoms with E-state index in [0.717, 1.165) is 51.4 Å². The third-order valence-electron chi connectivity index (χ3n) is 13.3. The second-order valence-corrected chi connectivity index (χ2v) is 19.7. The first-order chi connectivity index (χ1) is 32.2. The van der Waals surface area contributed by atoms with Crippen molar-refractivity contribution in [2.45, 2.75) is 315 Å². The van der Waals surface area contributed by atoms with Crippen LogP contribution in [0.15, 0.2) is 60.8 Å². The number of unbranched alkanes of at least 4 members (excludes halogenated alkanes) is 38. The highest BCUT2D eigenvalue weighted by Crippen LogP contribution is 2.17. The minimum absolute atomic E-state index is 0.0645. The van der Waals surface area contributed by atoms with Gasteiger partial charge in [-0.25, -0.2) is 0 Å². The van der Waals surface area contributed by atoms with E-state index in [2.05, 4.69) is 67.8 Å². The molecular formula is C61H113NO3. The Hall–Kier alpha value is -1.91. The van der Waals surface area contributed by atoms with E-state index in [1.54, 1.807) is 6.08 Å². The van der Waals surface area contributed by atoms with E-state index in [9.17, 15) is 15.0 Å². The normalized spacial score (nSPS) is 13.2. The topological polar surface area (TPSA) is 69.6 Å². The molecule has 1 amide bonds. The second-order valence-electron chi connectivity index (χ2n) is 19.7. The van der Waals surface area contributed by atoms with Gasteiger partial charge in [-0.3, -0.25) is 4.79 Å². The lowest BCUT2D eigenvalue weighted by Gasteiger charge is -2.20. The standard InChI is InChI=1S/C61H113NO3/c1-3-5-7-9-11-13-15-17-19-21-23-25-27-29-30-31-33-34-36-38-40-42-44-46-48-50-52-54-56-60(64)59(58-63)62-61(65)57-55-53-51-49-47-45-43-41-39-37-35-32-28-26-24-22-20-18-16-14-12-10-8-6-4-2/h6,8,12,14,18,20,24,26,54,56,59-60,63-64H,3-5,7,9-11,13,15-17,19,21-23,25,27-53,55,57-58H2,1-2H3,(H,62,65)/b8-6-,14-12-,20-18-,26-24-,56-54+. The summed E-state index contributed by atoms with van der Waals surface area (Å²) in [4.78, 5) is 12.5. The minimum Gasteiger partial charge on any atom is -0.394 e. The number of hydrogen-bond acceptors (Lipinski definition) is 3. The summed E-state index contributed by atoms with van der Waals surface area (Å²) in [6, 6.07) is -0.627. The molecule has 2 unspecified atom stereocenters. The number of carbonyl (C=O) groups is 1. The Morgan fingerprint density at radius 2 is 0.677 bits per heavy atom. The molecule has 2 atom stereocenters. The number of rotatable bonds is 53. The molecule has 0 aliphatic carbocycles. The van der Waals surface area contributed by atoms with Gasteiger partial charge in [0.25, 0.3) is 0 Å². The van der Waals surface area contributed by atoms with E-state index in [1.807, 2.05) is 6.08 Å². The van der Waals surface area contributed by atoms with Crippen LogP contribution in [0.1, 0.15) is 303 Å². The summed E-state index contributed by atoms with van der Waals surface area (Å²) in [6.45, 7) is 4.22. The van der Waals surface area contributed by atoms with Crippen LogP contribution in [0.25, 0.3) is 0 Å². The van der Waals surface area contributed by atoms with Crippen LogP contribution in [-0.4, -0.2) is 34.9 Å². The number of nitrogens with one attached hydrogen (secondary N) is 1. The summed E-state index contributed by atoms with van der Waals surface area (Å²) in [5, 5.41) is 23.2. The molecule has 0 heterocycles. The van der Waals surface area contributed by atoms with Crippen LogP contribution in [0.3, 0.4) is 0 Å². The smallest absolute Gasteiger partial charge is 0.220 e. The van der Waals surface area contributed by atoms with E-state index in [4.69, 9.17) is 0 Å². The van der Waals surface area contributed by atoms with E-state index >= 15 is 0 Å². The van der Waals surface area contributed by atoms with Crippen molar-refractivity contribution < 1.29 is 15.0 Å². The second kappa shape index (κ2) is 56.4. The molecule has 4 nitrogen and oxygen atoms in total. The molecule has 0 aromatic heterocycles. The highest BCUT2D eigenvalue weighted by atomic mass is 16.3. The highest BCUT2D eigenvalue weighted by molar-refractivity contribution is 5.76. The van der Waals surface area contributed by atoms with Gasteiger partial charge in [-0.1, -0.05) is 299 Å². The number of aliphatic hydroxyl groups excluding tert-OH is 2. The highest BCUT2D eigenvalue weighted by Gasteiger charge is 2.18. The molecule has 0 fully saturated rings. The lowest BCUT2D eigenvalue weighted by Crippen LogP contribution is -2.45. The summed E-state index contributed by atoms with van der Waals surface area (Å²) >= 11 is 0. The Labute approximate surface area is 406 Å². The van der Waals surface area contributed by atoms with E-state index in [0.29, 0.717) is 6.42 Å². The average Bonchev–Trinajstić information content (AvgIpc) is 3.31. The Balaban J connectivity index is 3.49. The van der Waals surface area contributed by atoms with Crippen LogP contribution < -0.4 is 5.32 Å². The lowest BCUT2D eigenvalue weighted by atomic mass is 10.0. The molecule has 3 N–H and O–H groups in total. The van der Waals surface area contributed by atoms with Gasteiger partial charge < -0.3 is 15.5 Å². The number of allylic oxidation sites excluding steroid dienone is 9. The van der Waals surface area contributed by atoms with Crippen molar-refractivity contribution in [1.82, 2.24) is 5.32 Å². The van der Waals surface area contributed by atoms with Gasteiger partial charge in [-0.15, -0.1) is 0 Å². The molecule has 4 heteroatoms. The summed E-state index contributed by atoms with van der Waals surface area (Å²) in [5.41, 5.74) is 0. The van der Waals surface area contributed by atoms with Gasteiger partial charge in [0.15, 0.2) is 0 Å². The Bertz CT molecular complexity index is 1070. The van der Waals surface area contributed by atoms with Crippen molar-refractivity contribution in [3.05, 3.63) is 60.8 Å². The van der Waals surface area contributed by atoms with Crippen molar-refractivity contribution in [3.8, 4) is 0 Å². The van der Waals surface area contributed by atoms with Crippen LogP contribution >= 0.6 is 0 Å². The first-order valence-electron chi connectivity index (χ1n) is 29.0. The number of carbonyl (C=O) groups excluding carboxylic acids is 1. The van der Waals surface area contributed by atoms with Gasteiger partial charge in [-0.05, 0) is 57.8 Å². The van der Waals surface area contributed by atoms with Gasteiger partial charge >= 0.3 is 0 Å². The van der Waals surface area contributed by atoms with Crippen molar-refractivity contribution >= 4 is 5.91 Å². The molecular weight excluding hydrogens is 795 g/mol. The largest absolute Gasteiger partial charge is 0.394 e. The molecule has 0 aromatic rings. The molecule has 0 radical (unpaired) electrons. The van der Waals surface area contributed by atoms with E-state index in [-0.39, 0.29) is 12.5 Å². The SMILES string of the molecule is CC/C=C\C/C=C\C/C=C\C/C=C\CCCCCCCCCCCCCCC(=O)NC(CO)C(O)/C=C/CCCCCCCCCCCCCCCCCCCCCCCCCCCC. The molecule has 0 aromatic carbocycles. The molecule has 0 spiro atoms. The number of hydrogen-bond donors (Lipinski definition) is 3. The lowest BCUT2D eigenvalue weighted by molar-refractivity contribution is -0.123. The predicted molar refractivity (Wildman–Crippen MR) is 290 cm³/mol. The summed E-state index contributed by atoms with van der Waals surface area (Å²) < 4.78 is 0. The zero-order valence-electron chi connectivity index (χ0n) is 43.8. The van der Waals surface area contributed by atoms with Crippen molar-refractivity contribution in [2.75, 3.05) is 6.61 Å². The van der Waals surface area contributed by atoms with Crippen LogP contribution in [0.2, 0.25) is 0 Å².